The van der Waals surface area contributed by atoms with Crippen LogP contribution in [0.4, 0.5) is 0 Å². The molecule has 0 fully saturated rings. The van der Waals surface area contributed by atoms with Gasteiger partial charge in [-0.2, -0.15) is 17.5 Å². The molecular weight excluding hydrogens is 856 g/mol. The fraction of sp³-hybridized carbons (Fsp3) is 0.444. The summed E-state index contributed by atoms with van der Waals surface area (Å²) in [6.45, 7) is 9.18. The highest BCUT2D eigenvalue weighted by Crippen LogP contribution is 2.37. The van der Waals surface area contributed by atoms with Crippen LogP contribution in [0, 0.1) is 11.8 Å². The van der Waals surface area contributed by atoms with Crippen molar-refractivity contribution < 1.29 is 0 Å². The number of aromatic nitrogens is 4. The van der Waals surface area contributed by atoms with Crippen LogP contribution in [0.3, 0.4) is 0 Å². The van der Waals surface area contributed by atoms with Gasteiger partial charge >= 0.3 is 0 Å². The molecule has 4 heterocycles. The van der Waals surface area contributed by atoms with Crippen LogP contribution in [0.15, 0.2) is 67.3 Å². The van der Waals surface area contributed by atoms with E-state index in [1.807, 2.05) is 34.8 Å². The molecule has 2 atom stereocenters. The van der Waals surface area contributed by atoms with Gasteiger partial charge < -0.3 is 0 Å². The van der Waals surface area contributed by atoms with Gasteiger partial charge in [-0.3, -0.25) is 0 Å². The largest absolute Gasteiger partial charge is 0.172 e. The molecular formula is C36H43Br3N4S4. The second-order valence-corrected chi connectivity index (χ2v) is 17.5. The van der Waals surface area contributed by atoms with E-state index in [-0.39, 0.29) is 0 Å². The summed E-state index contributed by atoms with van der Waals surface area (Å²) in [5.74, 6) is 1.73. The third-order valence-electron chi connectivity index (χ3n) is 8.26. The predicted molar refractivity (Wildman–Crippen MR) is 220 cm³/mol. The molecule has 4 aromatic heterocycles. The summed E-state index contributed by atoms with van der Waals surface area (Å²) < 4.78 is 20.2. The van der Waals surface area contributed by atoms with E-state index in [9.17, 15) is 0 Å². The Morgan fingerprint density at radius 2 is 1.11 bits per heavy atom. The van der Waals surface area contributed by atoms with E-state index < -0.39 is 0 Å². The molecule has 0 aliphatic carbocycles. The second-order valence-electron chi connectivity index (χ2n) is 11.6. The fourth-order valence-corrected chi connectivity index (χ4v) is 10.1. The highest BCUT2D eigenvalue weighted by atomic mass is 79.9. The van der Waals surface area contributed by atoms with Crippen molar-refractivity contribution in [1.82, 2.24) is 17.5 Å². The van der Waals surface area contributed by atoms with E-state index in [4.69, 9.17) is 0 Å². The normalized spacial score (nSPS) is 12.4. The minimum absolute atomic E-state index is 0.812. The smallest absolute Gasteiger partial charge is 0.120 e. The minimum atomic E-state index is 0.812. The average molecular weight is 900 g/mol. The van der Waals surface area contributed by atoms with Crippen molar-refractivity contribution in [3.05, 3.63) is 77.1 Å². The zero-order chi connectivity index (χ0) is 33.6. The third-order valence-corrected chi connectivity index (χ3v) is 13.3. The van der Waals surface area contributed by atoms with Crippen molar-refractivity contribution in [2.75, 3.05) is 0 Å². The van der Waals surface area contributed by atoms with Crippen LogP contribution in [0.5, 0.6) is 0 Å². The Balaban J connectivity index is 0.000000176. The molecule has 0 bridgehead atoms. The SMILES string of the molecule is Brc1ccc(Br)c2nsnc12.CCCCC(CC)Cc1ccc(-c2ccc(Br)c3nsnc23)s1.CCCCC(CC)Cc1cccs1. The van der Waals surface area contributed by atoms with Gasteiger partial charge in [0.15, 0.2) is 0 Å². The maximum atomic E-state index is 4.49. The van der Waals surface area contributed by atoms with E-state index in [2.05, 4.69) is 135 Å². The number of benzene rings is 2. The first kappa shape index (κ1) is 38.7. The number of nitrogens with zero attached hydrogens (tertiary/aromatic N) is 4. The summed E-state index contributed by atoms with van der Waals surface area (Å²) >= 11 is 16.7. The summed E-state index contributed by atoms with van der Waals surface area (Å²) in [6.07, 6.45) is 13.2. The van der Waals surface area contributed by atoms with Gasteiger partial charge in [0.1, 0.15) is 22.1 Å². The number of rotatable bonds is 13. The highest BCUT2D eigenvalue weighted by molar-refractivity contribution is 9.11. The van der Waals surface area contributed by atoms with Crippen molar-refractivity contribution in [1.29, 1.82) is 0 Å². The highest BCUT2D eigenvalue weighted by Gasteiger charge is 2.14. The molecule has 0 N–H and O–H groups in total. The van der Waals surface area contributed by atoms with Crippen molar-refractivity contribution in [3.63, 3.8) is 0 Å². The zero-order valence-corrected chi connectivity index (χ0v) is 35.5. The second kappa shape index (κ2) is 20.6. The van der Waals surface area contributed by atoms with Gasteiger partial charge in [0.25, 0.3) is 0 Å². The van der Waals surface area contributed by atoms with Gasteiger partial charge in [0, 0.05) is 33.6 Å². The predicted octanol–water partition coefficient (Wildman–Crippen LogP) is 14.7. The number of halogens is 3. The Morgan fingerprint density at radius 3 is 1.62 bits per heavy atom. The lowest BCUT2D eigenvalue weighted by Crippen LogP contribution is -2.01. The van der Waals surface area contributed by atoms with Crippen LogP contribution >= 0.6 is 93.9 Å². The molecule has 0 spiro atoms. The number of thiophene rings is 2. The molecule has 0 radical (unpaired) electrons. The summed E-state index contributed by atoms with van der Waals surface area (Å²) in [6, 6.07) is 17.1. The molecule has 6 rings (SSSR count). The summed E-state index contributed by atoms with van der Waals surface area (Å²) in [7, 11) is 0. The van der Waals surface area contributed by atoms with Gasteiger partial charge in [-0.05, 0) is 114 Å². The molecule has 0 saturated carbocycles. The Bertz CT molecular complexity index is 1730. The molecule has 0 amide bonds. The number of hydrogen-bond acceptors (Lipinski definition) is 8. The molecule has 0 aliphatic rings. The van der Waals surface area contributed by atoms with Gasteiger partial charge in [0.2, 0.25) is 0 Å². The van der Waals surface area contributed by atoms with E-state index in [1.54, 1.807) is 4.88 Å². The van der Waals surface area contributed by atoms with Gasteiger partial charge in [-0.25, -0.2) is 0 Å². The zero-order valence-electron chi connectivity index (χ0n) is 27.5. The molecule has 6 aromatic rings. The summed E-state index contributed by atoms with van der Waals surface area (Å²) in [5, 5.41) is 2.18. The molecule has 0 aliphatic heterocycles. The molecule has 11 heteroatoms. The Labute approximate surface area is 321 Å². The number of hydrogen-bond donors (Lipinski definition) is 0. The number of unbranched alkanes of at least 4 members (excludes halogenated alkanes) is 2. The van der Waals surface area contributed by atoms with E-state index in [1.165, 1.54) is 103 Å². The van der Waals surface area contributed by atoms with Gasteiger partial charge in [0.05, 0.1) is 23.5 Å². The van der Waals surface area contributed by atoms with Crippen molar-refractivity contribution in [2.24, 2.45) is 11.8 Å². The maximum absolute atomic E-state index is 4.49. The molecule has 47 heavy (non-hydrogen) atoms. The lowest BCUT2D eigenvalue weighted by atomic mass is 9.95. The Morgan fingerprint density at radius 1 is 0.596 bits per heavy atom. The van der Waals surface area contributed by atoms with Crippen molar-refractivity contribution in [3.8, 4) is 10.4 Å². The molecule has 2 aromatic carbocycles. The minimum Gasteiger partial charge on any atom is -0.172 e. The van der Waals surface area contributed by atoms with Crippen LogP contribution in [0.25, 0.3) is 32.5 Å². The molecule has 252 valence electrons. The molecule has 2 unspecified atom stereocenters. The Hall–Kier alpha value is -1.08. The first-order valence-electron chi connectivity index (χ1n) is 16.5. The van der Waals surface area contributed by atoms with Gasteiger partial charge in [-0.15, -0.1) is 22.7 Å². The Kier molecular flexibility index (Phi) is 16.9. The van der Waals surface area contributed by atoms with Crippen LogP contribution in [-0.2, 0) is 12.8 Å². The first-order valence-corrected chi connectivity index (χ1v) is 22.0. The lowest BCUT2D eigenvalue weighted by Gasteiger charge is -2.12. The number of fused-ring (bicyclic) bond motifs is 2. The van der Waals surface area contributed by atoms with Crippen molar-refractivity contribution in [2.45, 2.75) is 91.9 Å². The van der Waals surface area contributed by atoms with Crippen LogP contribution in [0.1, 0.15) is 88.8 Å². The first-order chi connectivity index (χ1) is 22.9. The van der Waals surface area contributed by atoms with E-state index >= 15 is 0 Å². The topological polar surface area (TPSA) is 51.6 Å². The van der Waals surface area contributed by atoms with Crippen LogP contribution < -0.4 is 0 Å². The summed E-state index contributed by atoms with van der Waals surface area (Å²) in [5.41, 5.74) is 5.02. The third kappa shape index (κ3) is 11.5. The average Bonchev–Trinajstić information content (AvgIpc) is 3.92. The molecule has 4 nitrogen and oxygen atoms in total. The molecule has 0 saturated heterocycles. The van der Waals surface area contributed by atoms with E-state index in [0.717, 1.165) is 47.3 Å². The fourth-order valence-electron chi connectivity index (χ4n) is 5.36. The quantitative estimate of drug-likeness (QED) is 0.116. The monoisotopic (exact) mass is 896 g/mol. The lowest BCUT2D eigenvalue weighted by molar-refractivity contribution is 0.452. The van der Waals surface area contributed by atoms with Crippen LogP contribution in [-0.4, -0.2) is 17.5 Å². The summed E-state index contributed by atoms with van der Waals surface area (Å²) in [4.78, 5) is 4.35. The van der Waals surface area contributed by atoms with Gasteiger partial charge in [-0.1, -0.05) is 91.2 Å². The maximum Gasteiger partial charge on any atom is 0.120 e. The van der Waals surface area contributed by atoms with E-state index in [0.29, 0.717) is 0 Å². The standard InChI is InChI=1S/C18H21BrN2S2.C12H20S.C6H2Br2N2S/c1-3-5-6-12(4-2)11-13-7-10-16(22-13)14-8-9-15(19)18-17(14)20-23-21-18;1-3-5-7-11(4-2)10-12-8-6-9-13-12;7-3-1-2-4(8)6-5(3)9-11-10-6/h7-10,12H,3-6,11H2,1-2H3;6,8-9,11H,3-5,7,10H2,1-2H3;1-2H. The van der Waals surface area contributed by atoms with Crippen LogP contribution in [0.2, 0.25) is 0 Å². The van der Waals surface area contributed by atoms with Crippen molar-refractivity contribution >= 4 is 116 Å².